The number of aryl methyl sites for hydroxylation is 2. The molecule has 23 heavy (non-hydrogen) atoms. The Kier molecular flexibility index (Phi) is 5.08. The van der Waals surface area contributed by atoms with Gasteiger partial charge in [-0.1, -0.05) is 12.1 Å². The second-order valence-corrected chi connectivity index (χ2v) is 6.10. The van der Waals surface area contributed by atoms with E-state index in [1.165, 1.54) is 17.7 Å². The van der Waals surface area contributed by atoms with Crippen LogP contribution in [0.4, 0.5) is 0 Å². The predicted molar refractivity (Wildman–Crippen MR) is 91.5 cm³/mol. The number of nitrogens with two attached hydrogens (primary N) is 1. The number of hydrogen-bond donors (Lipinski definition) is 1. The molecule has 0 radical (unpaired) electrons. The molecule has 2 aromatic rings. The summed E-state index contributed by atoms with van der Waals surface area (Å²) in [5.41, 5.74) is 8.13. The Morgan fingerprint density at radius 2 is 2.30 bits per heavy atom. The van der Waals surface area contributed by atoms with Gasteiger partial charge in [0.1, 0.15) is 5.82 Å². The number of nitrogens with zero attached hydrogens (tertiary/aromatic N) is 4. The number of imidazole rings is 1. The van der Waals surface area contributed by atoms with E-state index in [0.717, 1.165) is 38.2 Å². The number of hydrogen-bond acceptors (Lipinski definition) is 4. The van der Waals surface area contributed by atoms with Crippen molar-refractivity contribution in [3.05, 3.63) is 60.1 Å². The maximum absolute atomic E-state index is 5.50. The maximum atomic E-state index is 5.50. The molecular formula is C18H25N5. The second kappa shape index (κ2) is 7.42. The van der Waals surface area contributed by atoms with Crippen molar-refractivity contribution >= 4 is 0 Å². The summed E-state index contributed by atoms with van der Waals surface area (Å²) in [6.45, 7) is 1.80. The SMILES string of the molecule is Cn1ccnc1CN(CC/C=C/N)C1CCCc2cccnc21. The summed E-state index contributed by atoms with van der Waals surface area (Å²) in [6, 6.07) is 4.62. The Hall–Kier alpha value is -2.14. The van der Waals surface area contributed by atoms with Crippen LogP contribution in [0.2, 0.25) is 0 Å². The van der Waals surface area contributed by atoms with E-state index < -0.39 is 0 Å². The molecule has 2 aromatic heterocycles. The summed E-state index contributed by atoms with van der Waals surface area (Å²) in [6.07, 6.45) is 13.9. The third-order valence-corrected chi connectivity index (χ3v) is 4.59. The fraction of sp³-hybridized carbons (Fsp3) is 0.444. The molecule has 3 rings (SSSR count). The Labute approximate surface area is 137 Å². The van der Waals surface area contributed by atoms with E-state index in [0.29, 0.717) is 6.04 Å². The van der Waals surface area contributed by atoms with Crippen LogP contribution in [0.15, 0.2) is 43.0 Å². The van der Waals surface area contributed by atoms with Gasteiger partial charge < -0.3 is 10.3 Å². The fourth-order valence-corrected chi connectivity index (χ4v) is 3.35. The lowest BCUT2D eigenvalue weighted by Crippen LogP contribution is -2.33. The predicted octanol–water partition coefficient (Wildman–Crippen LogP) is 2.56. The molecule has 1 unspecified atom stereocenters. The van der Waals surface area contributed by atoms with Crippen LogP contribution in [0.5, 0.6) is 0 Å². The van der Waals surface area contributed by atoms with Crippen LogP contribution < -0.4 is 5.73 Å². The van der Waals surface area contributed by atoms with Crippen LogP contribution in [0.25, 0.3) is 0 Å². The van der Waals surface area contributed by atoms with E-state index >= 15 is 0 Å². The summed E-state index contributed by atoms with van der Waals surface area (Å²) in [5.74, 6) is 1.09. The van der Waals surface area contributed by atoms with Crippen LogP contribution in [0.3, 0.4) is 0 Å². The Bertz CT molecular complexity index is 661. The zero-order valence-electron chi connectivity index (χ0n) is 13.7. The monoisotopic (exact) mass is 311 g/mol. The molecule has 0 saturated carbocycles. The summed E-state index contributed by atoms with van der Waals surface area (Å²) < 4.78 is 2.09. The highest BCUT2D eigenvalue weighted by Gasteiger charge is 2.27. The average Bonchev–Trinajstić information content (AvgIpc) is 2.98. The molecule has 0 bridgehead atoms. The minimum atomic E-state index is 0.364. The molecule has 0 spiro atoms. The van der Waals surface area contributed by atoms with Crippen molar-refractivity contribution < 1.29 is 0 Å². The molecule has 1 atom stereocenters. The zero-order chi connectivity index (χ0) is 16.1. The molecule has 0 saturated heterocycles. The van der Waals surface area contributed by atoms with Crippen molar-refractivity contribution in [3.8, 4) is 0 Å². The van der Waals surface area contributed by atoms with Gasteiger partial charge in [-0.25, -0.2) is 4.98 Å². The van der Waals surface area contributed by atoms with Crippen LogP contribution in [0.1, 0.15) is 42.4 Å². The third-order valence-electron chi connectivity index (χ3n) is 4.59. The largest absolute Gasteiger partial charge is 0.405 e. The Morgan fingerprint density at radius 1 is 1.39 bits per heavy atom. The number of pyridine rings is 1. The van der Waals surface area contributed by atoms with Crippen LogP contribution in [-0.2, 0) is 20.0 Å². The van der Waals surface area contributed by atoms with Gasteiger partial charge in [-0.05, 0) is 43.5 Å². The van der Waals surface area contributed by atoms with Crippen LogP contribution in [0, 0.1) is 0 Å². The van der Waals surface area contributed by atoms with E-state index in [2.05, 4.69) is 25.5 Å². The molecular weight excluding hydrogens is 286 g/mol. The first-order valence-corrected chi connectivity index (χ1v) is 8.30. The third kappa shape index (κ3) is 3.62. The minimum Gasteiger partial charge on any atom is -0.405 e. The van der Waals surface area contributed by atoms with Crippen molar-refractivity contribution in [2.24, 2.45) is 12.8 Å². The van der Waals surface area contributed by atoms with E-state index in [1.54, 1.807) is 6.20 Å². The molecule has 2 heterocycles. The lowest BCUT2D eigenvalue weighted by atomic mass is 9.90. The van der Waals surface area contributed by atoms with Crippen LogP contribution >= 0.6 is 0 Å². The van der Waals surface area contributed by atoms with Crippen molar-refractivity contribution in [2.75, 3.05) is 6.54 Å². The van der Waals surface area contributed by atoms with Gasteiger partial charge in [0.15, 0.2) is 0 Å². The van der Waals surface area contributed by atoms with Gasteiger partial charge in [-0.2, -0.15) is 0 Å². The summed E-state index contributed by atoms with van der Waals surface area (Å²) in [5, 5.41) is 0. The van der Waals surface area contributed by atoms with E-state index in [1.807, 2.05) is 37.8 Å². The van der Waals surface area contributed by atoms with E-state index in [4.69, 9.17) is 5.73 Å². The van der Waals surface area contributed by atoms with Crippen LogP contribution in [-0.4, -0.2) is 26.0 Å². The maximum Gasteiger partial charge on any atom is 0.122 e. The molecule has 0 aliphatic heterocycles. The quantitative estimate of drug-likeness (QED) is 0.890. The van der Waals surface area contributed by atoms with Gasteiger partial charge in [-0.15, -0.1) is 0 Å². The lowest BCUT2D eigenvalue weighted by molar-refractivity contribution is 0.163. The molecule has 122 valence electrons. The Morgan fingerprint density at radius 3 is 3.09 bits per heavy atom. The second-order valence-electron chi connectivity index (χ2n) is 6.10. The number of aromatic nitrogens is 3. The molecule has 1 aliphatic carbocycles. The Balaban J connectivity index is 1.84. The number of fused-ring (bicyclic) bond motifs is 1. The molecule has 1 aliphatic rings. The van der Waals surface area contributed by atoms with Gasteiger partial charge in [-0.3, -0.25) is 9.88 Å². The highest BCUT2D eigenvalue weighted by Crippen LogP contribution is 2.33. The number of rotatable bonds is 6. The van der Waals surface area contributed by atoms with Crippen molar-refractivity contribution in [2.45, 2.75) is 38.3 Å². The first-order valence-electron chi connectivity index (χ1n) is 8.30. The van der Waals surface area contributed by atoms with Gasteiger partial charge in [0, 0.05) is 32.2 Å². The topological polar surface area (TPSA) is 60.0 Å². The lowest BCUT2D eigenvalue weighted by Gasteiger charge is -2.34. The summed E-state index contributed by atoms with van der Waals surface area (Å²) in [4.78, 5) is 11.7. The van der Waals surface area contributed by atoms with Gasteiger partial charge in [0.2, 0.25) is 0 Å². The highest BCUT2D eigenvalue weighted by molar-refractivity contribution is 5.25. The van der Waals surface area contributed by atoms with Crippen molar-refractivity contribution in [3.63, 3.8) is 0 Å². The van der Waals surface area contributed by atoms with Crippen molar-refractivity contribution in [1.29, 1.82) is 0 Å². The average molecular weight is 311 g/mol. The minimum absolute atomic E-state index is 0.364. The summed E-state index contributed by atoms with van der Waals surface area (Å²) >= 11 is 0. The first-order chi connectivity index (χ1) is 11.3. The molecule has 2 N–H and O–H groups in total. The van der Waals surface area contributed by atoms with Gasteiger partial charge in [0.25, 0.3) is 0 Å². The smallest absolute Gasteiger partial charge is 0.122 e. The molecule has 5 nitrogen and oxygen atoms in total. The normalized spacial score (nSPS) is 17.7. The molecule has 5 heteroatoms. The van der Waals surface area contributed by atoms with E-state index in [9.17, 15) is 0 Å². The molecule has 0 fully saturated rings. The molecule has 0 amide bonds. The van der Waals surface area contributed by atoms with Gasteiger partial charge >= 0.3 is 0 Å². The van der Waals surface area contributed by atoms with Gasteiger partial charge in [0.05, 0.1) is 18.3 Å². The zero-order valence-corrected chi connectivity index (χ0v) is 13.7. The highest BCUT2D eigenvalue weighted by atomic mass is 15.2. The van der Waals surface area contributed by atoms with E-state index in [-0.39, 0.29) is 0 Å². The van der Waals surface area contributed by atoms with Crippen molar-refractivity contribution in [1.82, 2.24) is 19.4 Å². The first kappa shape index (κ1) is 15.7. The summed E-state index contributed by atoms with van der Waals surface area (Å²) in [7, 11) is 2.05. The molecule has 0 aromatic carbocycles. The standard InChI is InChI=1S/C18H25N5/c1-22-13-11-20-17(22)14-23(12-3-2-9-19)16-8-4-6-15-7-5-10-21-18(15)16/h2,5,7,9-11,13,16H,3-4,6,8,12,14,19H2,1H3/b9-2+. The fourth-order valence-electron chi connectivity index (χ4n) is 3.35.